The van der Waals surface area contributed by atoms with E-state index in [0.717, 1.165) is 12.1 Å². The number of hydrogen-bond acceptors (Lipinski definition) is 4. The van der Waals surface area contributed by atoms with Gasteiger partial charge >= 0.3 is 6.03 Å². The zero-order valence-electron chi connectivity index (χ0n) is 9.07. The fraction of sp³-hybridized carbons (Fsp3) is 0.222. The van der Waals surface area contributed by atoms with Crippen molar-refractivity contribution in [3.63, 3.8) is 0 Å². The first-order valence-corrected chi connectivity index (χ1v) is 5.61. The molecule has 0 bridgehead atoms. The minimum absolute atomic E-state index is 0.00927. The molecule has 0 atom stereocenters. The van der Waals surface area contributed by atoms with Gasteiger partial charge in [0.1, 0.15) is 11.5 Å². The summed E-state index contributed by atoms with van der Waals surface area (Å²) >= 11 is 2.87. The highest BCUT2D eigenvalue weighted by Gasteiger charge is 2.17. The van der Waals surface area contributed by atoms with Crippen molar-refractivity contribution in [2.24, 2.45) is 5.73 Å². The number of urea groups is 1. The van der Waals surface area contributed by atoms with Crippen LogP contribution in [0.3, 0.4) is 0 Å². The highest BCUT2D eigenvalue weighted by molar-refractivity contribution is 9.10. The normalized spacial score (nSPS) is 9.89. The van der Waals surface area contributed by atoms with Crippen LogP contribution in [0.5, 0.6) is 0 Å². The summed E-state index contributed by atoms with van der Waals surface area (Å²) in [4.78, 5) is 20.5. The average molecular weight is 321 g/mol. The molecule has 1 aromatic carbocycles. The molecule has 0 spiro atoms. The zero-order valence-corrected chi connectivity index (χ0v) is 10.7. The molecule has 0 aliphatic heterocycles. The molecule has 2 amide bonds. The summed E-state index contributed by atoms with van der Waals surface area (Å²) < 4.78 is 13.3. The first-order chi connectivity index (χ1) is 8.41. The minimum Gasteiger partial charge on any atom is -0.378 e. The van der Waals surface area contributed by atoms with Crippen LogP contribution in [0.15, 0.2) is 16.6 Å². The van der Waals surface area contributed by atoms with Gasteiger partial charge in [-0.15, -0.1) is 0 Å². The predicted molar refractivity (Wildman–Crippen MR) is 66.8 cm³/mol. The van der Waals surface area contributed by atoms with Crippen LogP contribution < -0.4 is 16.4 Å². The molecule has 7 nitrogen and oxygen atoms in total. The van der Waals surface area contributed by atoms with Crippen molar-refractivity contribution >= 4 is 33.3 Å². The van der Waals surface area contributed by atoms with Gasteiger partial charge in [-0.3, -0.25) is 10.1 Å². The molecule has 0 aliphatic rings. The summed E-state index contributed by atoms with van der Waals surface area (Å²) in [7, 11) is 0. The van der Waals surface area contributed by atoms with Crippen LogP contribution in [-0.4, -0.2) is 24.0 Å². The Balaban J connectivity index is 2.77. The van der Waals surface area contributed by atoms with Gasteiger partial charge in [0.25, 0.3) is 5.69 Å². The number of rotatable bonds is 5. The minimum atomic E-state index is -0.701. The van der Waals surface area contributed by atoms with Crippen molar-refractivity contribution in [3.8, 4) is 0 Å². The van der Waals surface area contributed by atoms with Gasteiger partial charge in [-0.05, 0) is 15.9 Å². The molecule has 9 heteroatoms. The number of nitrogens with zero attached hydrogens (tertiary/aromatic N) is 1. The van der Waals surface area contributed by atoms with Gasteiger partial charge in [0.05, 0.1) is 9.40 Å². The molecule has 0 radical (unpaired) electrons. The Bertz CT molecular complexity index is 483. The molecular formula is C9H10BrFN4O3. The van der Waals surface area contributed by atoms with E-state index < -0.39 is 16.8 Å². The maximum Gasteiger partial charge on any atom is 0.312 e. The average Bonchev–Trinajstić information content (AvgIpc) is 2.28. The van der Waals surface area contributed by atoms with E-state index in [1.54, 1.807) is 0 Å². The number of nitro groups is 1. The van der Waals surface area contributed by atoms with E-state index in [4.69, 9.17) is 5.73 Å². The third kappa shape index (κ3) is 3.84. The molecule has 0 aliphatic carbocycles. The lowest BCUT2D eigenvalue weighted by Crippen LogP contribution is -2.33. The molecule has 0 saturated carbocycles. The molecular weight excluding hydrogens is 311 g/mol. The van der Waals surface area contributed by atoms with Gasteiger partial charge in [-0.2, -0.15) is 0 Å². The number of nitro benzene ring substituents is 1. The van der Waals surface area contributed by atoms with Crippen molar-refractivity contribution in [1.82, 2.24) is 5.32 Å². The molecule has 98 valence electrons. The number of amides is 2. The second-order valence-electron chi connectivity index (χ2n) is 3.26. The second kappa shape index (κ2) is 6.15. The lowest BCUT2D eigenvalue weighted by atomic mass is 10.2. The summed E-state index contributed by atoms with van der Waals surface area (Å²) in [6.07, 6.45) is 0. The Morgan fingerprint density at radius 1 is 1.50 bits per heavy atom. The number of primary amides is 1. The number of benzene rings is 1. The van der Waals surface area contributed by atoms with Crippen LogP contribution >= 0.6 is 15.9 Å². The third-order valence-corrected chi connectivity index (χ3v) is 2.58. The quantitative estimate of drug-likeness (QED) is 0.434. The van der Waals surface area contributed by atoms with Crippen LogP contribution in [0.2, 0.25) is 0 Å². The molecule has 1 rings (SSSR count). The summed E-state index contributed by atoms with van der Waals surface area (Å²) in [5.74, 6) is -0.619. The summed E-state index contributed by atoms with van der Waals surface area (Å²) in [6.45, 7) is 0.356. The first-order valence-electron chi connectivity index (χ1n) is 4.82. The molecule has 0 unspecified atom stereocenters. The Hall–Kier alpha value is -1.90. The Morgan fingerprint density at radius 3 is 2.72 bits per heavy atom. The Labute approximate surface area is 110 Å². The fourth-order valence-corrected chi connectivity index (χ4v) is 1.54. The molecule has 0 aromatic heterocycles. The lowest BCUT2D eigenvalue weighted by molar-refractivity contribution is -0.384. The monoisotopic (exact) mass is 320 g/mol. The number of halogens is 2. The van der Waals surface area contributed by atoms with E-state index in [9.17, 15) is 19.3 Å². The Morgan fingerprint density at radius 2 is 2.17 bits per heavy atom. The van der Waals surface area contributed by atoms with Crippen LogP contribution in [0.4, 0.5) is 20.6 Å². The third-order valence-electron chi connectivity index (χ3n) is 1.97. The van der Waals surface area contributed by atoms with E-state index in [1.807, 2.05) is 0 Å². The zero-order chi connectivity index (χ0) is 13.7. The van der Waals surface area contributed by atoms with Gasteiger partial charge in [-0.25, -0.2) is 9.18 Å². The van der Waals surface area contributed by atoms with E-state index >= 15 is 0 Å². The number of carbonyl (C=O) groups is 1. The highest BCUT2D eigenvalue weighted by Crippen LogP contribution is 2.30. The lowest BCUT2D eigenvalue weighted by Gasteiger charge is -2.08. The second-order valence-corrected chi connectivity index (χ2v) is 4.11. The van der Waals surface area contributed by atoms with Crippen molar-refractivity contribution < 1.29 is 14.1 Å². The Kier molecular flexibility index (Phi) is 4.84. The molecule has 0 fully saturated rings. The topological polar surface area (TPSA) is 110 Å². The smallest absolute Gasteiger partial charge is 0.312 e. The van der Waals surface area contributed by atoms with Gasteiger partial charge in [-0.1, -0.05) is 0 Å². The number of anilines is 1. The van der Waals surface area contributed by atoms with E-state index in [-0.39, 0.29) is 28.9 Å². The number of nitrogens with two attached hydrogens (primary N) is 1. The molecule has 0 saturated heterocycles. The predicted octanol–water partition coefficient (Wildman–Crippen LogP) is 1.58. The van der Waals surface area contributed by atoms with Crippen molar-refractivity contribution in [1.29, 1.82) is 0 Å². The molecule has 1 aromatic rings. The van der Waals surface area contributed by atoms with Crippen LogP contribution in [0.25, 0.3) is 0 Å². The maximum absolute atomic E-state index is 13.3. The van der Waals surface area contributed by atoms with E-state index in [0.29, 0.717) is 0 Å². The van der Waals surface area contributed by atoms with Crippen LogP contribution in [-0.2, 0) is 0 Å². The fourth-order valence-electron chi connectivity index (χ4n) is 1.21. The largest absolute Gasteiger partial charge is 0.378 e. The molecule has 18 heavy (non-hydrogen) atoms. The van der Waals surface area contributed by atoms with Crippen molar-refractivity contribution in [3.05, 3.63) is 32.5 Å². The SMILES string of the molecule is NC(=O)NCCNc1cc(F)c(Br)cc1[N+](=O)[O-]. The summed E-state index contributed by atoms with van der Waals surface area (Å²) in [5.41, 5.74) is 4.61. The van der Waals surface area contributed by atoms with Gasteiger partial charge in [0.15, 0.2) is 0 Å². The maximum atomic E-state index is 13.3. The van der Waals surface area contributed by atoms with Crippen molar-refractivity contribution in [2.75, 3.05) is 18.4 Å². The van der Waals surface area contributed by atoms with E-state index in [2.05, 4.69) is 26.6 Å². The number of hydrogen-bond donors (Lipinski definition) is 3. The molecule has 4 N–H and O–H groups in total. The van der Waals surface area contributed by atoms with Crippen LogP contribution in [0.1, 0.15) is 0 Å². The van der Waals surface area contributed by atoms with Crippen molar-refractivity contribution in [2.45, 2.75) is 0 Å². The number of nitrogens with one attached hydrogen (secondary N) is 2. The first kappa shape index (κ1) is 14.2. The number of carbonyl (C=O) groups excluding carboxylic acids is 1. The summed E-state index contributed by atoms with van der Waals surface area (Å²) in [5, 5.41) is 15.7. The summed E-state index contributed by atoms with van der Waals surface area (Å²) in [6, 6.07) is 1.37. The molecule has 0 heterocycles. The van der Waals surface area contributed by atoms with E-state index in [1.165, 1.54) is 0 Å². The highest BCUT2D eigenvalue weighted by atomic mass is 79.9. The van der Waals surface area contributed by atoms with Gasteiger partial charge < -0.3 is 16.4 Å². The van der Waals surface area contributed by atoms with Gasteiger partial charge in [0.2, 0.25) is 0 Å². The van der Waals surface area contributed by atoms with Gasteiger partial charge in [0, 0.05) is 25.2 Å². The van der Waals surface area contributed by atoms with Crippen LogP contribution in [0, 0.1) is 15.9 Å². The standard InChI is InChI=1S/C9H10BrFN4O3/c10-5-3-8(15(17)18)7(4-6(5)11)13-1-2-14-9(12)16/h3-4,13H,1-2H2,(H3,12,14,16).